The fourth-order valence-corrected chi connectivity index (χ4v) is 3.66. The molecule has 1 aromatic heterocycles. The molecule has 0 aliphatic carbocycles. The largest absolute Gasteiger partial charge is 0.504 e. The minimum atomic E-state index is -1.68. The normalized spacial score (nSPS) is 25.2. The first-order valence-electron chi connectivity index (χ1n) is 9.89. The van der Waals surface area contributed by atoms with Crippen LogP contribution in [0.15, 0.2) is 45.6 Å². The molecule has 3 aromatic rings. The van der Waals surface area contributed by atoms with Gasteiger partial charge in [-0.05, 0) is 17.7 Å². The van der Waals surface area contributed by atoms with Gasteiger partial charge in [0.2, 0.25) is 6.29 Å². The number of fused-ring (bicyclic) bond motifs is 1. The molecule has 4 rings (SSSR count). The van der Waals surface area contributed by atoms with Crippen LogP contribution in [0.2, 0.25) is 0 Å². The topological polar surface area (TPSA) is 179 Å². The van der Waals surface area contributed by atoms with E-state index >= 15 is 0 Å². The average Bonchev–Trinajstić information content (AvgIpc) is 2.80. The van der Waals surface area contributed by atoms with Crippen LogP contribution in [0.3, 0.4) is 0 Å². The van der Waals surface area contributed by atoms with E-state index in [1.165, 1.54) is 37.4 Å². The lowest BCUT2D eigenvalue weighted by atomic mass is 9.99. The maximum atomic E-state index is 12.2. The maximum absolute atomic E-state index is 12.2. The van der Waals surface area contributed by atoms with E-state index in [0.29, 0.717) is 5.56 Å². The van der Waals surface area contributed by atoms with Crippen LogP contribution in [0.25, 0.3) is 22.1 Å². The van der Waals surface area contributed by atoms with Gasteiger partial charge in [-0.25, -0.2) is 4.79 Å². The van der Waals surface area contributed by atoms with Crippen LogP contribution < -0.4 is 15.1 Å². The molecule has 2 heterocycles. The Labute approximate surface area is 186 Å². The summed E-state index contributed by atoms with van der Waals surface area (Å²) in [5, 5.41) is 59.7. The minimum Gasteiger partial charge on any atom is -0.504 e. The van der Waals surface area contributed by atoms with Crippen LogP contribution >= 0.6 is 0 Å². The molecule has 0 spiro atoms. The Morgan fingerprint density at radius 2 is 1.73 bits per heavy atom. The van der Waals surface area contributed by atoms with Crippen LogP contribution in [0.4, 0.5) is 0 Å². The van der Waals surface area contributed by atoms with E-state index < -0.39 is 48.7 Å². The summed E-state index contributed by atoms with van der Waals surface area (Å²) >= 11 is 0. The molecule has 0 saturated carbocycles. The van der Waals surface area contributed by atoms with Crippen LogP contribution in [-0.4, -0.2) is 75.1 Å². The number of hydrogen-bond acceptors (Lipinski definition) is 11. The van der Waals surface area contributed by atoms with E-state index in [-0.39, 0.29) is 33.8 Å². The Bertz CT molecular complexity index is 1220. The fraction of sp³-hybridized carbons (Fsp3) is 0.318. The van der Waals surface area contributed by atoms with Gasteiger partial charge in [0.1, 0.15) is 41.5 Å². The maximum Gasteiger partial charge on any atom is 0.336 e. The zero-order valence-corrected chi connectivity index (χ0v) is 17.3. The monoisotopic (exact) mass is 462 g/mol. The molecule has 1 aliphatic rings. The predicted molar refractivity (Wildman–Crippen MR) is 112 cm³/mol. The number of phenols is 2. The van der Waals surface area contributed by atoms with Crippen LogP contribution in [0, 0.1) is 0 Å². The second-order valence-electron chi connectivity index (χ2n) is 7.50. The van der Waals surface area contributed by atoms with Crippen molar-refractivity contribution in [3.63, 3.8) is 0 Å². The number of hydrogen-bond donors (Lipinski definition) is 6. The van der Waals surface area contributed by atoms with E-state index in [4.69, 9.17) is 18.6 Å². The van der Waals surface area contributed by atoms with Crippen molar-refractivity contribution in [3.8, 4) is 34.1 Å². The molecular formula is C22H22O11. The molecule has 1 aliphatic heterocycles. The SMILES string of the molecule is COc1cc(O[C@@H]2OC(CO)[C@H](O)[C@H](O)C2O)c2c(-c3ccc(O)c(O)c3)cc(=O)oc2c1. The number of ether oxygens (including phenoxy) is 3. The summed E-state index contributed by atoms with van der Waals surface area (Å²) in [5.41, 5.74) is -0.0630. The van der Waals surface area contributed by atoms with Gasteiger partial charge in [-0.1, -0.05) is 6.07 Å². The Kier molecular flexibility index (Phi) is 6.15. The number of rotatable bonds is 5. The lowest BCUT2D eigenvalue weighted by Gasteiger charge is -2.39. The van der Waals surface area contributed by atoms with Gasteiger partial charge in [-0.3, -0.25) is 0 Å². The third kappa shape index (κ3) is 4.19. The van der Waals surface area contributed by atoms with E-state index in [1.807, 2.05) is 0 Å². The van der Waals surface area contributed by atoms with Gasteiger partial charge >= 0.3 is 5.63 Å². The zero-order valence-electron chi connectivity index (χ0n) is 17.3. The molecule has 0 bridgehead atoms. The molecule has 11 nitrogen and oxygen atoms in total. The number of benzene rings is 2. The van der Waals surface area contributed by atoms with Gasteiger partial charge in [0.25, 0.3) is 0 Å². The summed E-state index contributed by atoms with van der Waals surface area (Å²) < 4.78 is 21.8. The number of aliphatic hydroxyl groups is 4. The third-order valence-electron chi connectivity index (χ3n) is 5.40. The van der Waals surface area contributed by atoms with Crippen molar-refractivity contribution in [1.29, 1.82) is 0 Å². The van der Waals surface area contributed by atoms with Gasteiger partial charge in [0.05, 0.1) is 19.1 Å². The molecule has 0 amide bonds. The smallest absolute Gasteiger partial charge is 0.336 e. The van der Waals surface area contributed by atoms with Gasteiger partial charge in [-0.2, -0.15) is 0 Å². The highest BCUT2D eigenvalue weighted by molar-refractivity contribution is 5.98. The second kappa shape index (κ2) is 8.89. The summed E-state index contributed by atoms with van der Waals surface area (Å²) in [6, 6.07) is 7.96. The highest BCUT2D eigenvalue weighted by Gasteiger charge is 2.45. The Morgan fingerprint density at radius 3 is 2.39 bits per heavy atom. The molecule has 1 saturated heterocycles. The predicted octanol–water partition coefficient (Wildman–Crippen LogP) is 0.0585. The number of aromatic hydroxyl groups is 2. The standard InChI is InChI=1S/C22H22O11/c1-30-10-5-14-18(11(7-17(26)31-14)9-2-3-12(24)13(25)4-9)15(6-10)32-22-21(29)20(28)19(27)16(8-23)33-22/h2-7,16,19-25,27-29H,8H2,1H3/t16?,19-,20-,21?,22+/m0/s1. The molecule has 6 N–H and O–H groups in total. The lowest BCUT2D eigenvalue weighted by molar-refractivity contribution is -0.277. The van der Waals surface area contributed by atoms with E-state index in [0.717, 1.165) is 6.07 Å². The van der Waals surface area contributed by atoms with Crippen molar-refractivity contribution < 1.29 is 49.3 Å². The summed E-state index contributed by atoms with van der Waals surface area (Å²) in [6.45, 7) is -0.642. The average molecular weight is 462 g/mol. The van der Waals surface area contributed by atoms with Crippen molar-refractivity contribution in [1.82, 2.24) is 0 Å². The van der Waals surface area contributed by atoms with E-state index in [2.05, 4.69) is 0 Å². The Balaban J connectivity index is 1.88. The molecular weight excluding hydrogens is 440 g/mol. The molecule has 0 radical (unpaired) electrons. The van der Waals surface area contributed by atoms with Gasteiger partial charge < -0.3 is 49.3 Å². The molecule has 11 heteroatoms. The van der Waals surface area contributed by atoms with Crippen molar-refractivity contribution in [3.05, 3.63) is 46.8 Å². The second-order valence-corrected chi connectivity index (χ2v) is 7.50. The van der Waals surface area contributed by atoms with Crippen molar-refractivity contribution in [2.75, 3.05) is 13.7 Å². The lowest BCUT2D eigenvalue weighted by Crippen LogP contribution is -2.60. The first-order chi connectivity index (χ1) is 15.7. The van der Waals surface area contributed by atoms with Crippen molar-refractivity contribution in [2.45, 2.75) is 30.7 Å². The quantitative estimate of drug-likeness (QED) is 0.223. The number of methoxy groups -OCH3 is 1. The van der Waals surface area contributed by atoms with Crippen LogP contribution in [0.5, 0.6) is 23.0 Å². The molecule has 5 atom stereocenters. The molecule has 33 heavy (non-hydrogen) atoms. The first-order valence-corrected chi connectivity index (χ1v) is 9.89. The van der Waals surface area contributed by atoms with E-state index in [1.54, 1.807) is 0 Å². The Morgan fingerprint density at radius 1 is 0.970 bits per heavy atom. The van der Waals surface area contributed by atoms with Gasteiger partial charge in [-0.15, -0.1) is 0 Å². The van der Waals surface area contributed by atoms with E-state index in [9.17, 15) is 35.4 Å². The summed E-state index contributed by atoms with van der Waals surface area (Å²) in [4.78, 5) is 12.2. The van der Waals surface area contributed by atoms with Crippen LogP contribution in [-0.2, 0) is 4.74 Å². The van der Waals surface area contributed by atoms with Gasteiger partial charge in [0.15, 0.2) is 11.5 Å². The van der Waals surface area contributed by atoms with Gasteiger partial charge in [0, 0.05) is 23.8 Å². The fourth-order valence-electron chi connectivity index (χ4n) is 3.66. The third-order valence-corrected chi connectivity index (χ3v) is 5.40. The molecule has 2 aromatic carbocycles. The summed E-state index contributed by atoms with van der Waals surface area (Å²) in [7, 11) is 1.37. The first kappa shape index (κ1) is 22.8. The minimum absolute atomic E-state index is 0.0139. The number of aliphatic hydroxyl groups excluding tert-OH is 4. The van der Waals surface area contributed by atoms with Crippen LogP contribution in [0.1, 0.15) is 0 Å². The van der Waals surface area contributed by atoms with Crippen molar-refractivity contribution >= 4 is 11.0 Å². The summed E-state index contributed by atoms with van der Waals surface area (Å²) in [6.07, 6.45) is -7.62. The highest BCUT2D eigenvalue weighted by atomic mass is 16.7. The number of phenolic OH excluding ortho intramolecular Hbond substituents is 2. The summed E-state index contributed by atoms with van der Waals surface area (Å²) in [5.74, 6) is -0.528. The molecule has 2 unspecified atom stereocenters. The Hall–Kier alpha value is -3.35. The zero-order chi connectivity index (χ0) is 23.9. The van der Waals surface area contributed by atoms with Crippen molar-refractivity contribution in [2.24, 2.45) is 0 Å². The molecule has 1 fully saturated rings. The molecule has 176 valence electrons. The highest BCUT2D eigenvalue weighted by Crippen LogP contribution is 2.40.